The van der Waals surface area contributed by atoms with Crippen molar-refractivity contribution in [1.82, 2.24) is 4.90 Å². The summed E-state index contributed by atoms with van der Waals surface area (Å²) in [6, 6.07) is 13.3. The molecule has 5 unspecified atom stereocenters. The molecule has 1 aromatic rings. The van der Waals surface area contributed by atoms with E-state index in [0.29, 0.717) is 5.41 Å². The zero-order valence-corrected chi connectivity index (χ0v) is 8.06. The van der Waals surface area contributed by atoms with Crippen molar-refractivity contribution in [3.05, 3.63) is 35.9 Å². The van der Waals surface area contributed by atoms with Gasteiger partial charge in [-0.25, -0.2) is 0 Å². The van der Waals surface area contributed by atoms with Gasteiger partial charge in [-0.15, -0.1) is 0 Å². The SMILES string of the molecule is c1ccc(C23CN4C5C2C3C[C@H]54)cc1. The molecule has 2 aliphatic carbocycles. The van der Waals surface area contributed by atoms with Crippen molar-refractivity contribution in [1.29, 1.82) is 0 Å². The third kappa shape index (κ3) is 0.460. The number of piperidine rings is 4. The van der Waals surface area contributed by atoms with Gasteiger partial charge in [0.15, 0.2) is 0 Å². The Balaban J connectivity index is 1.69. The van der Waals surface area contributed by atoms with Crippen molar-refractivity contribution >= 4 is 0 Å². The molecule has 2 heterocycles. The monoisotopic (exact) mass is 183 g/mol. The molecule has 6 atom stereocenters. The molecule has 0 N–H and O–H groups in total. The van der Waals surface area contributed by atoms with Crippen LogP contribution >= 0.6 is 0 Å². The van der Waals surface area contributed by atoms with Gasteiger partial charge in [0.25, 0.3) is 0 Å². The van der Waals surface area contributed by atoms with Crippen LogP contribution in [-0.4, -0.2) is 23.5 Å². The molecule has 2 saturated heterocycles. The van der Waals surface area contributed by atoms with E-state index in [1.807, 2.05) is 0 Å². The summed E-state index contributed by atoms with van der Waals surface area (Å²) in [4.78, 5) is 2.73. The summed E-state index contributed by atoms with van der Waals surface area (Å²) >= 11 is 0. The molecule has 1 nitrogen and oxygen atoms in total. The molecule has 5 rings (SSSR count). The van der Waals surface area contributed by atoms with Crippen molar-refractivity contribution in [3.63, 3.8) is 0 Å². The highest BCUT2D eigenvalue weighted by Gasteiger charge is 2.86. The maximum Gasteiger partial charge on any atom is 0.0296 e. The zero-order valence-electron chi connectivity index (χ0n) is 8.06. The van der Waals surface area contributed by atoms with E-state index in [1.54, 1.807) is 5.56 Å². The first-order valence-electron chi connectivity index (χ1n) is 5.74. The summed E-state index contributed by atoms with van der Waals surface area (Å²) in [7, 11) is 0. The minimum Gasteiger partial charge on any atom is -0.293 e. The van der Waals surface area contributed by atoms with Crippen LogP contribution in [-0.2, 0) is 5.41 Å². The first-order valence-corrected chi connectivity index (χ1v) is 5.74. The van der Waals surface area contributed by atoms with Gasteiger partial charge in [-0.2, -0.15) is 0 Å². The van der Waals surface area contributed by atoms with E-state index in [4.69, 9.17) is 0 Å². The van der Waals surface area contributed by atoms with E-state index in [9.17, 15) is 0 Å². The van der Waals surface area contributed by atoms with E-state index >= 15 is 0 Å². The second-order valence-corrected chi connectivity index (χ2v) is 5.50. The summed E-state index contributed by atoms with van der Waals surface area (Å²) in [6.45, 7) is 1.38. The fourth-order valence-corrected chi connectivity index (χ4v) is 4.78. The molecule has 4 fully saturated rings. The van der Waals surface area contributed by atoms with Crippen molar-refractivity contribution in [3.8, 4) is 0 Å². The highest BCUT2D eigenvalue weighted by molar-refractivity contribution is 5.49. The molecule has 0 bridgehead atoms. The van der Waals surface area contributed by atoms with Crippen LogP contribution in [0.25, 0.3) is 0 Å². The third-order valence-corrected chi connectivity index (χ3v) is 5.31. The van der Waals surface area contributed by atoms with E-state index in [-0.39, 0.29) is 0 Å². The van der Waals surface area contributed by atoms with Crippen LogP contribution in [0.4, 0.5) is 0 Å². The van der Waals surface area contributed by atoms with Gasteiger partial charge in [-0.3, -0.25) is 4.90 Å². The second-order valence-electron chi connectivity index (χ2n) is 5.50. The molecule has 0 amide bonds. The average Bonchev–Trinajstić information content (AvgIpc) is 3.02. The Morgan fingerprint density at radius 1 is 1.21 bits per heavy atom. The molecule has 1 aromatic carbocycles. The number of benzene rings is 1. The lowest BCUT2D eigenvalue weighted by atomic mass is 9.87. The van der Waals surface area contributed by atoms with E-state index < -0.39 is 0 Å². The topological polar surface area (TPSA) is 3.01 Å². The quantitative estimate of drug-likeness (QED) is 0.598. The molecular weight excluding hydrogens is 170 g/mol. The maximum absolute atomic E-state index is 2.73. The van der Waals surface area contributed by atoms with Crippen LogP contribution < -0.4 is 0 Å². The highest BCUT2D eigenvalue weighted by Crippen LogP contribution is 2.80. The Labute approximate surface area is 83.7 Å². The standard InChI is InChI=1S/C13H13N/c1-2-4-8(5-3-1)13-7-14-10-6-9(13)11(13)12(10)14/h1-5,9-12H,6-7H2/t9?,10-,11?,12?,13?,14?/m1/s1. The maximum atomic E-state index is 2.73. The van der Waals surface area contributed by atoms with Crippen molar-refractivity contribution < 1.29 is 0 Å². The van der Waals surface area contributed by atoms with Crippen LogP contribution in [0, 0.1) is 11.8 Å². The van der Waals surface area contributed by atoms with Crippen LogP contribution in [0.5, 0.6) is 0 Å². The summed E-state index contributed by atoms with van der Waals surface area (Å²) in [5, 5.41) is 0. The van der Waals surface area contributed by atoms with E-state index in [1.165, 1.54) is 13.0 Å². The summed E-state index contributed by atoms with van der Waals surface area (Å²) in [6.07, 6.45) is 1.50. The van der Waals surface area contributed by atoms with Gasteiger partial charge >= 0.3 is 0 Å². The van der Waals surface area contributed by atoms with Crippen LogP contribution in [0.1, 0.15) is 12.0 Å². The molecule has 2 aliphatic heterocycles. The molecule has 0 spiro atoms. The lowest BCUT2D eigenvalue weighted by molar-refractivity contribution is 0.357. The Morgan fingerprint density at radius 3 is 2.64 bits per heavy atom. The Bertz CT molecular complexity index is 426. The molecule has 2 saturated carbocycles. The highest BCUT2D eigenvalue weighted by atomic mass is 15.4. The molecular formula is C13H13N. The third-order valence-electron chi connectivity index (χ3n) is 5.31. The number of hydrogen-bond donors (Lipinski definition) is 0. The van der Waals surface area contributed by atoms with Crippen molar-refractivity contribution in [2.24, 2.45) is 11.8 Å². The first kappa shape index (κ1) is 6.62. The lowest BCUT2D eigenvalue weighted by Crippen LogP contribution is -2.27. The van der Waals surface area contributed by atoms with Gasteiger partial charge in [0.1, 0.15) is 0 Å². The molecule has 14 heavy (non-hydrogen) atoms. The minimum absolute atomic E-state index is 0.626. The largest absolute Gasteiger partial charge is 0.293 e. The van der Waals surface area contributed by atoms with Gasteiger partial charge in [-0.1, -0.05) is 30.3 Å². The fourth-order valence-electron chi connectivity index (χ4n) is 4.78. The Hall–Kier alpha value is -0.820. The van der Waals surface area contributed by atoms with Gasteiger partial charge in [-0.05, 0) is 23.8 Å². The summed E-state index contributed by atoms with van der Waals surface area (Å²) in [5.74, 6) is 2.11. The number of nitrogens with zero attached hydrogens (tertiary/aromatic N) is 1. The smallest absolute Gasteiger partial charge is 0.0296 e. The van der Waals surface area contributed by atoms with Gasteiger partial charge < -0.3 is 0 Å². The molecule has 0 aromatic heterocycles. The predicted molar refractivity (Wildman–Crippen MR) is 54.0 cm³/mol. The molecule has 0 radical (unpaired) electrons. The Morgan fingerprint density at radius 2 is 2.07 bits per heavy atom. The van der Waals surface area contributed by atoms with Crippen LogP contribution in [0.2, 0.25) is 0 Å². The average molecular weight is 183 g/mol. The van der Waals surface area contributed by atoms with Crippen molar-refractivity contribution in [2.75, 3.05) is 6.54 Å². The number of hydrogen-bond acceptors (Lipinski definition) is 1. The molecule has 4 aliphatic rings. The van der Waals surface area contributed by atoms with Crippen molar-refractivity contribution in [2.45, 2.75) is 23.9 Å². The lowest BCUT2D eigenvalue weighted by Gasteiger charge is -2.22. The van der Waals surface area contributed by atoms with Gasteiger partial charge in [0, 0.05) is 24.0 Å². The molecule has 1 heteroatoms. The van der Waals surface area contributed by atoms with Crippen LogP contribution in [0.3, 0.4) is 0 Å². The molecule has 70 valence electrons. The van der Waals surface area contributed by atoms with E-state index in [2.05, 4.69) is 35.2 Å². The minimum atomic E-state index is 0.626. The zero-order chi connectivity index (χ0) is 8.91. The normalized spacial score (nSPS) is 59.9. The second kappa shape index (κ2) is 1.67. The van der Waals surface area contributed by atoms with Gasteiger partial charge in [0.05, 0.1) is 0 Å². The van der Waals surface area contributed by atoms with Crippen LogP contribution in [0.15, 0.2) is 30.3 Å². The Kier molecular flexibility index (Phi) is 0.791. The van der Waals surface area contributed by atoms with E-state index in [0.717, 1.165) is 23.9 Å². The predicted octanol–water partition coefficient (Wildman–Crippen LogP) is 1.64. The first-order chi connectivity index (χ1) is 6.93. The number of rotatable bonds is 1. The van der Waals surface area contributed by atoms with Gasteiger partial charge in [0.2, 0.25) is 0 Å². The number of fused-ring (bicyclic) bond motifs is 2. The summed E-state index contributed by atoms with van der Waals surface area (Å²) in [5.41, 5.74) is 2.25. The summed E-state index contributed by atoms with van der Waals surface area (Å²) < 4.78 is 0. The fraction of sp³-hybridized carbons (Fsp3) is 0.538.